The lowest BCUT2D eigenvalue weighted by molar-refractivity contribution is 0.0438. The Morgan fingerprint density at radius 1 is 1.17 bits per heavy atom. The van der Waals surface area contributed by atoms with Crippen LogP contribution < -0.4 is 5.32 Å². The molecule has 1 aliphatic rings. The predicted molar refractivity (Wildman–Crippen MR) is 75.9 cm³/mol. The van der Waals surface area contributed by atoms with E-state index in [9.17, 15) is 0 Å². The van der Waals surface area contributed by atoms with Gasteiger partial charge >= 0.3 is 0 Å². The van der Waals surface area contributed by atoms with Crippen molar-refractivity contribution in [2.45, 2.75) is 51.7 Å². The molecule has 100 valence electrons. The van der Waals surface area contributed by atoms with E-state index in [0.29, 0.717) is 12.1 Å². The van der Waals surface area contributed by atoms with Gasteiger partial charge in [-0.15, -0.1) is 0 Å². The Bertz CT molecular complexity index is 362. The molecule has 2 rings (SSSR count). The fraction of sp³-hybridized carbons (Fsp3) is 0.625. The lowest BCUT2D eigenvalue weighted by Gasteiger charge is -2.20. The van der Waals surface area contributed by atoms with Crippen molar-refractivity contribution in [3.8, 4) is 0 Å². The van der Waals surface area contributed by atoms with Crippen LogP contribution in [0.15, 0.2) is 18.2 Å². The van der Waals surface area contributed by atoms with Crippen molar-refractivity contribution in [2.24, 2.45) is 0 Å². The lowest BCUT2D eigenvalue weighted by Crippen LogP contribution is -2.24. The Balaban J connectivity index is 1.98. The number of aryl methyl sites for hydroxylation is 2. The van der Waals surface area contributed by atoms with E-state index >= 15 is 0 Å². The van der Waals surface area contributed by atoms with Gasteiger partial charge in [0.25, 0.3) is 0 Å². The van der Waals surface area contributed by atoms with Crippen molar-refractivity contribution in [3.05, 3.63) is 34.9 Å². The zero-order valence-corrected chi connectivity index (χ0v) is 11.8. The number of likely N-dealkylation sites (N-methyl/N-ethyl adjacent to an activating group) is 1. The van der Waals surface area contributed by atoms with Crippen LogP contribution >= 0.6 is 0 Å². The number of rotatable bonds is 5. The van der Waals surface area contributed by atoms with Gasteiger partial charge in [0, 0.05) is 0 Å². The van der Waals surface area contributed by atoms with Gasteiger partial charge in [0.05, 0.1) is 18.8 Å². The van der Waals surface area contributed by atoms with Crippen molar-refractivity contribution in [2.75, 3.05) is 13.7 Å². The molecule has 1 aromatic carbocycles. The smallest absolute Gasteiger partial charge is 0.0665 e. The van der Waals surface area contributed by atoms with E-state index < -0.39 is 0 Å². The van der Waals surface area contributed by atoms with Gasteiger partial charge in [-0.3, -0.25) is 0 Å². The summed E-state index contributed by atoms with van der Waals surface area (Å²) < 4.78 is 6.03. The van der Waals surface area contributed by atoms with Crippen molar-refractivity contribution in [3.63, 3.8) is 0 Å². The summed E-state index contributed by atoms with van der Waals surface area (Å²) in [5, 5.41) is 3.37. The molecule has 1 unspecified atom stereocenters. The molecule has 1 aliphatic carbocycles. The number of ether oxygens (including phenoxy) is 1. The molecule has 1 fully saturated rings. The quantitative estimate of drug-likeness (QED) is 0.859. The second-order valence-corrected chi connectivity index (χ2v) is 5.50. The van der Waals surface area contributed by atoms with Crippen molar-refractivity contribution in [1.29, 1.82) is 0 Å². The van der Waals surface area contributed by atoms with Gasteiger partial charge in [-0.25, -0.2) is 0 Å². The normalized spacial score (nSPS) is 18.2. The first-order chi connectivity index (χ1) is 8.69. The Hall–Kier alpha value is -0.860. The van der Waals surface area contributed by atoms with Gasteiger partial charge in [0.15, 0.2) is 0 Å². The SMILES string of the molecule is CNC(COC1CCCC1)c1cc(C)cc(C)c1. The molecular formula is C16H25NO. The maximum atomic E-state index is 6.03. The highest BCUT2D eigenvalue weighted by molar-refractivity contribution is 5.30. The Kier molecular flexibility index (Phi) is 4.79. The molecule has 0 bridgehead atoms. The Morgan fingerprint density at radius 3 is 2.33 bits per heavy atom. The first-order valence-corrected chi connectivity index (χ1v) is 7.06. The third-order valence-corrected chi connectivity index (χ3v) is 3.80. The zero-order chi connectivity index (χ0) is 13.0. The third-order valence-electron chi connectivity index (χ3n) is 3.80. The molecule has 1 aromatic rings. The molecule has 0 spiro atoms. The van der Waals surface area contributed by atoms with E-state index in [2.05, 4.69) is 37.4 Å². The van der Waals surface area contributed by atoms with Crippen LogP contribution in [0, 0.1) is 13.8 Å². The molecule has 0 radical (unpaired) electrons. The molecule has 0 aromatic heterocycles. The van der Waals surface area contributed by atoms with E-state index in [4.69, 9.17) is 4.74 Å². The molecule has 1 N–H and O–H groups in total. The monoisotopic (exact) mass is 247 g/mol. The number of nitrogens with one attached hydrogen (secondary N) is 1. The minimum atomic E-state index is 0.309. The van der Waals surface area contributed by atoms with Crippen LogP contribution in [-0.2, 0) is 4.74 Å². The van der Waals surface area contributed by atoms with E-state index in [-0.39, 0.29) is 0 Å². The van der Waals surface area contributed by atoms with Crippen LogP contribution in [0.3, 0.4) is 0 Å². The van der Waals surface area contributed by atoms with Gasteiger partial charge in [-0.2, -0.15) is 0 Å². The maximum absolute atomic E-state index is 6.03. The predicted octanol–water partition coefficient (Wildman–Crippen LogP) is 3.52. The van der Waals surface area contributed by atoms with Crippen LogP contribution in [0.25, 0.3) is 0 Å². The fourth-order valence-corrected chi connectivity index (χ4v) is 2.84. The van der Waals surface area contributed by atoms with Crippen molar-refractivity contribution < 1.29 is 4.74 Å². The summed E-state index contributed by atoms with van der Waals surface area (Å²) in [4.78, 5) is 0. The second-order valence-electron chi connectivity index (χ2n) is 5.50. The van der Waals surface area contributed by atoms with Crippen molar-refractivity contribution in [1.82, 2.24) is 5.32 Å². The van der Waals surface area contributed by atoms with Gasteiger partial charge < -0.3 is 10.1 Å². The highest BCUT2D eigenvalue weighted by Crippen LogP contribution is 2.23. The largest absolute Gasteiger partial charge is 0.376 e. The van der Waals surface area contributed by atoms with Crippen LogP contribution in [0.2, 0.25) is 0 Å². The van der Waals surface area contributed by atoms with E-state index in [1.807, 2.05) is 7.05 Å². The molecule has 2 nitrogen and oxygen atoms in total. The molecule has 18 heavy (non-hydrogen) atoms. The Morgan fingerprint density at radius 2 is 1.78 bits per heavy atom. The number of hydrogen-bond acceptors (Lipinski definition) is 2. The first kappa shape index (κ1) is 13.6. The first-order valence-electron chi connectivity index (χ1n) is 7.06. The lowest BCUT2D eigenvalue weighted by atomic mass is 10.0. The minimum absolute atomic E-state index is 0.309. The summed E-state index contributed by atoms with van der Waals surface area (Å²) in [5.74, 6) is 0. The molecule has 0 amide bonds. The number of benzene rings is 1. The molecule has 1 saturated carbocycles. The third kappa shape index (κ3) is 3.56. The fourth-order valence-electron chi connectivity index (χ4n) is 2.84. The highest BCUT2D eigenvalue weighted by Gasteiger charge is 2.18. The number of hydrogen-bond donors (Lipinski definition) is 1. The van der Waals surface area contributed by atoms with Crippen LogP contribution in [0.5, 0.6) is 0 Å². The van der Waals surface area contributed by atoms with Gasteiger partial charge in [0.1, 0.15) is 0 Å². The van der Waals surface area contributed by atoms with Crippen LogP contribution in [0.4, 0.5) is 0 Å². The standard InChI is InChI=1S/C16H25NO/c1-12-8-13(2)10-14(9-12)16(17-3)11-18-15-6-4-5-7-15/h8-10,15-17H,4-7,11H2,1-3H3. The summed E-state index contributed by atoms with van der Waals surface area (Å²) in [6.07, 6.45) is 5.63. The summed E-state index contributed by atoms with van der Waals surface area (Å²) in [7, 11) is 2.01. The molecule has 1 atom stereocenters. The molecular weight excluding hydrogens is 222 g/mol. The average molecular weight is 247 g/mol. The molecule has 2 heteroatoms. The minimum Gasteiger partial charge on any atom is -0.376 e. The summed E-state index contributed by atoms with van der Waals surface area (Å²) in [5.41, 5.74) is 3.99. The molecule has 0 aliphatic heterocycles. The van der Waals surface area contributed by atoms with Gasteiger partial charge in [0.2, 0.25) is 0 Å². The summed E-state index contributed by atoms with van der Waals surface area (Å²) >= 11 is 0. The van der Waals surface area contributed by atoms with E-state index in [1.165, 1.54) is 42.4 Å². The highest BCUT2D eigenvalue weighted by atomic mass is 16.5. The Labute approximate surface area is 111 Å². The zero-order valence-electron chi connectivity index (χ0n) is 11.8. The topological polar surface area (TPSA) is 21.3 Å². The van der Waals surface area contributed by atoms with Crippen molar-refractivity contribution >= 4 is 0 Å². The van der Waals surface area contributed by atoms with E-state index in [1.54, 1.807) is 0 Å². The van der Waals surface area contributed by atoms with Gasteiger partial charge in [-0.1, -0.05) is 42.2 Å². The van der Waals surface area contributed by atoms with Crippen LogP contribution in [0.1, 0.15) is 48.4 Å². The van der Waals surface area contributed by atoms with E-state index in [0.717, 1.165) is 6.61 Å². The summed E-state index contributed by atoms with van der Waals surface area (Å²) in [6, 6.07) is 7.04. The summed E-state index contributed by atoms with van der Waals surface area (Å²) in [6.45, 7) is 5.09. The maximum Gasteiger partial charge on any atom is 0.0665 e. The second kappa shape index (κ2) is 6.35. The van der Waals surface area contributed by atoms with Crippen LogP contribution in [-0.4, -0.2) is 19.8 Å². The molecule has 0 heterocycles. The van der Waals surface area contributed by atoms with Gasteiger partial charge in [-0.05, 0) is 39.3 Å². The molecule has 0 saturated heterocycles. The average Bonchev–Trinajstić information content (AvgIpc) is 2.81.